The highest BCUT2D eigenvalue weighted by atomic mass is 19.1. The van der Waals surface area contributed by atoms with Crippen molar-refractivity contribution in [2.75, 3.05) is 22.5 Å². The molecule has 2 aromatic rings. The van der Waals surface area contributed by atoms with E-state index in [1.807, 2.05) is 18.2 Å². The molecule has 0 radical (unpaired) electrons. The Morgan fingerprint density at radius 3 is 2.68 bits per heavy atom. The molecule has 0 atom stereocenters. The summed E-state index contributed by atoms with van der Waals surface area (Å²) >= 11 is 0. The molecule has 0 saturated carbocycles. The van der Waals surface area contributed by atoms with Crippen molar-refractivity contribution in [2.24, 2.45) is 0 Å². The van der Waals surface area contributed by atoms with Crippen LogP contribution in [0.3, 0.4) is 0 Å². The van der Waals surface area contributed by atoms with E-state index in [1.165, 1.54) is 6.07 Å². The largest absolute Gasteiger partial charge is 0.395 e. The van der Waals surface area contributed by atoms with Crippen LogP contribution in [-0.4, -0.2) is 12.5 Å². The van der Waals surface area contributed by atoms with E-state index in [9.17, 15) is 9.18 Å². The van der Waals surface area contributed by atoms with Crippen molar-refractivity contribution in [3.8, 4) is 0 Å². The highest BCUT2D eigenvalue weighted by molar-refractivity contribution is 6.04. The third-order valence-corrected chi connectivity index (χ3v) is 3.09. The zero-order valence-electron chi connectivity index (χ0n) is 10.1. The number of nitrogens with zero attached hydrogens (tertiary/aromatic N) is 1. The standard InChI is InChI=1S/C14H12FN3O/c15-9-4-3-7-12(14(9)16)18-8-13(19)17-10-5-1-2-6-11(10)18/h1-7H,8,16H2,(H,17,19). The molecule has 1 heterocycles. The molecule has 3 N–H and O–H groups in total. The number of carbonyl (C=O) groups is 1. The Morgan fingerprint density at radius 1 is 1.11 bits per heavy atom. The van der Waals surface area contributed by atoms with Crippen molar-refractivity contribution in [3.63, 3.8) is 0 Å². The van der Waals surface area contributed by atoms with Gasteiger partial charge < -0.3 is 16.0 Å². The van der Waals surface area contributed by atoms with Gasteiger partial charge in [-0.05, 0) is 24.3 Å². The molecular formula is C14H12FN3O. The maximum Gasteiger partial charge on any atom is 0.244 e. The monoisotopic (exact) mass is 257 g/mol. The van der Waals surface area contributed by atoms with Crippen LogP contribution in [0.5, 0.6) is 0 Å². The number of nitrogens with two attached hydrogens (primary N) is 1. The van der Waals surface area contributed by atoms with Crippen molar-refractivity contribution in [2.45, 2.75) is 0 Å². The lowest BCUT2D eigenvalue weighted by molar-refractivity contribution is -0.115. The quantitative estimate of drug-likeness (QED) is 0.772. The second kappa shape index (κ2) is 4.28. The fourth-order valence-electron chi connectivity index (χ4n) is 2.21. The van der Waals surface area contributed by atoms with Gasteiger partial charge in [0.05, 0.1) is 22.7 Å². The van der Waals surface area contributed by atoms with E-state index in [0.717, 1.165) is 5.69 Å². The summed E-state index contributed by atoms with van der Waals surface area (Å²) in [4.78, 5) is 13.4. The number of hydrogen-bond donors (Lipinski definition) is 2. The van der Waals surface area contributed by atoms with Crippen LogP contribution in [-0.2, 0) is 4.79 Å². The minimum Gasteiger partial charge on any atom is -0.395 e. The first kappa shape index (κ1) is 11.5. The van der Waals surface area contributed by atoms with Gasteiger partial charge >= 0.3 is 0 Å². The first-order valence-corrected chi connectivity index (χ1v) is 5.87. The van der Waals surface area contributed by atoms with Crippen LogP contribution in [0.4, 0.5) is 27.1 Å². The first-order valence-electron chi connectivity index (χ1n) is 5.87. The van der Waals surface area contributed by atoms with Gasteiger partial charge in [-0.15, -0.1) is 0 Å². The van der Waals surface area contributed by atoms with Crippen LogP contribution in [0.1, 0.15) is 0 Å². The van der Waals surface area contributed by atoms with Crippen molar-refractivity contribution < 1.29 is 9.18 Å². The highest BCUT2D eigenvalue weighted by Crippen LogP contribution is 2.37. The van der Waals surface area contributed by atoms with Crippen molar-refractivity contribution in [1.82, 2.24) is 0 Å². The number of para-hydroxylation sites is 3. The maximum absolute atomic E-state index is 13.6. The molecular weight excluding hydrogens is 245 g/mol. The van der Waals surface area contributed by atoms with E-state index in [-0.39, 0.29) is 18.1 Å². The lowest BCUT2D eigenvalue weighted by Crippen LogP contribution is -2.35. The van der Waals surface area contributed by atoms with Gasteiger partial charge in [0.25, 0.3) is 0 Å². The summed E-state index contributed by atoms with van der Waals surface area (Å²) in [5.41, 5.74) is 7.82. The predicted molar refractivity (Wildman–Crippen MR) is 72.9 cm³/mol. The molecule has 0 fully saturated rings. The van der Waals surface area contributed by atoms with E-state index in [0.29, 0.717) is 11.4 Å². The summed E-state index contributed by atoms with van der Waals surface area (Å²) in [6, 6.07) is 11.9. The average molecular weight is 257 g/mol. The van der Waals surface area contributed by atoms with Crippen molar-refractivity contribution >= 4 is 28.7 Å². The first-order chi connectivity index (χ1) is 9.16. The predicted octanol–water partition coefficient (Wildman–Crippen LogP) is 2.50. The van der Waals surface area contributed by atoms with Crippen LogP contribution in [0.15, 0.2) is 42.5 Å². The van der Waals surface area contributed by atoms with Crippen LogP contribution < -0.4 is 16.0 Å². The van der Waals surface area contributed by atoms with Gasteiger partial charge in [0, 0.05) is 0 Å². The number of anilines is 4. The minimum absolute atomic E-state index is 0.0482. The fourth-order valence-corrected chi connectivity index (χ4v) is 2.21. The van der Waals surface area contributed by atoms with Crippen LogP contribution in [0, 0.1) is 5.82 Å². The number of nitrogen functional groups attached to an aromatic ring is 1. The molecule has 0 aliphatic carbocycles. The lowest BCUT2D eigenvalue weighted by atomic mass is 10.1. The van der Waals surface area contributed by atoms with Crippen molar-refractivity contribution in [3.05, 3.63) is 48.3 Å². The summed E-state index contributed by atoms with van der Waals surface area (Å²) < 4.78 is 13.6. The molecule has 1 amide bonds. The topological polar surface area (TPSA) is 58.4 Å². The summed E-state index contributed by atoms with van der Waals surface area (Å²) in [6.07, 6.45) is 0. The number of fused-ring (bicyclic) bond motifs is 1. The van der Waals surface area contributed by atoms with Gasteiger partial charge in [-0.1, -0.05) is 18.2 Å². The van der Waals surface area contributed by atoms with Gasteiger partial charge in [0.15, 0.2) is 0 Å². The minimum atomic E-state index is -0.485. The fraction of sp³-hybridized carbons (Fsp3) is 0.0714. The Hall–Kier alpha value is -2.56. The Labute approximate surface area is 109 Å². The van der Waals surface area contributed by atoms with Crippen LogP contribution >= 0.6 is 0 Å². The number of nitrogens with one attached hydrogen (secondary N) is 1. The summed E-state index contributed by atoms with van der Waals surface area (Å²) in [5.74, 6) is -0.636. The molecule has 2 aromatic carbocycles. The van der Waals surface area contributed by atoms with Crippen LogP contribution in [0.2, 0.25) is 0 Å². The average Bonchev–Trinajstić information content (AvgIpc) is 2.41. The molecule has 5 heteroatoms. The number of amides is 1. The van der Waals surface area contributed by atoms with Crippen molar-refractivity contribution in [1.29, 1.82) is 0 Å². The Morgan fingerprint density at radius 2 is 1.84 bits per heavy atom. The molecule has 0 unspecified atom stereocenters. The Bertz CT molecular complexity index is 657. The van der Waals surface area contributed by atoms with E-state index >= 15 is 0 Å². The van der Waals surface area contributed by atoms with E-state index < -0.39 is 5.82 Å². The summed E-state index contributed by atoms with van der Waals surface area (Å²) in [7, 11) is 0. The second-order valence-corrected chi connectivity index (χ2v) is 4.32. The summed E-state index contributed by atoms with van der Waals surface area (Å²) in [6.45, 7) is 0.116. The molecule has 1 aliphatic rings. The van der Waals surface area contributed by atoms with Gasteiger partial charge in [0.1, 0.15) is 12.4 Å². The third-order valence-electron chi connectivity index (χ3n) is 3.09. The van der Waals surface area contributed by atoms with Gasteiger partial charge in [-0.2, -0.15) is 0 Å². The number of carbonyl (C=O) groups excluding carboxylic acids is 1. The number of halogens is 1. The number of hydrogen-bond acceptors (Lipinski definition) is 3. The molecule has 1 aliphatic heterocycles. The molecule has 3 rings (SSSR count). The Kier molecular flexibility index (Phi) is 2.59. The lowest BCUT2D eigenvalue weighted by Gasteiger charge is -2.31. The van der Waals surface area contributed by atoms with E-state index in [4.69, 9.17) is 5.73 Å². The summed E-state index contributed by atoms with van der Waals surface area (Å²) in [5, 5.41) is 2.78. The van der Waals surface area contributed by atoms with Gasteiger partial charge in [-0.25, -0.2) is 4.39 Å². The third kappa shape index (κ3) is 1.89. The molecule has 4 nitrogen and oxygen atoms in total. The molecule has 0 spiro atoms. The zero-order valence-corrected chi connectivity index (χ0v) is 10.1. The normalized spacial score (nSPS) is 13.9. The SMILES string of the molecule is Nc1c(F)cccc1N1CC(=O)Nc2ccccc21. The van der Waals surface area contributed by atoms with Gasteiger partial charge in [-0.3, -0.25) is 4.79 Å². The van der Waals surface area contributed by atoms with Crippen LogP contribution in [0.25, 0.3) is 0 Å². The zero-order chi connectivity index (χ0) is 13.4. The molecule has 0 saturated heterocycles. The van der Waals surface area contributed by atoms with Gasteiger partial charge in [0.2, 0.25) is 5.91 Å². The van der Waals surface area contributed by atoms with E-state index in [1.54, 1.807) is 23.1 Å². The maximum atomic E-state index is 13.6. The highest BCUT2D eigenvalue weighted by Gasteiger charge is 2.24. The Balaban J connectivity index is 2.15. The molecule has 19 heavy (non-hydrogen) atoms. The molecule has 0 aromatic heterocycles. The molecule has 0 bridgehead atoms. The number of benzene rings is 2. The second-order valence-electron chi connectivity index (χ2n) is 4.32. The molecule has 96 valence electrons. The number of rotatable bonds is 1. The van der Waals surface area contributed by atoms with E-state index in [2.05, 4.69) is 5.32 Å². The smallest absolute Gasteiger partial charge is 0.244 e.